The van der Waals surface area contributed by atoms with Crippen LogP contribution in [0, 0.1) is 11.8 Å². The fraction of sp³-hybridized carbons (Fsp3) is 0.483. The Morgan fingerprint density at radius 3 is 2.15 bits per heavy atom. The highest BCUT2D eigenvalue weighted by Crippen LogP contribution is 2.29. The normalized spacial score (nSPS) is 20.3. The van der Waals surface area contributed by atoms with Gasteiger partial charge < -0.3 is 19.8 Å². The van der Waals surface area contributed by atoms with E-state index in [0.717, 1.165) is 36.8 Å². The van der Waals surface area contributed by atoms with E-state index in [-0.39, 0.29) is 18.2 Å². The highest BCUT2D eigenvalue weighted by molar-refractivity contribution is 5.69. The van der Waals surface area contributed by atoms with Gasteiger partial charge in [-0.2, -0.15) is 0 Å². The van der Waals surface area contributed by atoms with Crippen LogP contribution in [0.3, 0.4) is 0 Å². The summed E-state index contributed by atoms with van der Waals surface area (Å²) in [4.78, 5) is 14.2. The molecule has 2 aliphatic rings. The molecule has 5 nitrogen and oxygen atoms in total. The number of carbonyl (C=O) groups excluding carboxylic acids is 1. The van der Waals surface area contributed by atoms with Crippen molar-refractivity contribution in [2.45, 2.75) is 82.6 Å². The number of aliphatic hydroxyl groups is 2. The maximum Gasteiger partial charge on any atom is 0.410 e. The molecule has 4 rings (SSSR count). The molecule has 2 atom stereocenters. The zero-order chi connectivity index (χ0) is 24.6. The molecule has 2 unspecified atom stereocenters. The van der Waals surface area contributed by atoms with Gasteiger partial charge in [0.15, 0.2) is 0 Å². The summed E-state index contributed by atoms with van der Waals surface area (Å²) < 4.78 is 5.52. The maximum atomic E-state index is 12.4. The minimum absolute atomic E-state index is 0.100. The Labute approximate surface area is 203 Å². The van der Waals surface area contributed by atoms with Crippen molar-refractivity contribution in [2.75, 3.05) is 6.54 Å². The number of cyclic esters (lactones) is 1. The lowest BCUT2D eigenvalue weighted by atomic mass is 9.97. The van der Waals surface area contributed by atoms with Gasteiger partial charge in [0.1, 0.15) is 11.7 Å². The van der Waals surface area contributed by atoms with Crippen molar-refractivity contribution in [1.82, 2.24) is 4.90 Å². The Kier molecular flexibility index (Phi) is 8.77. The van der Waals surface area contributed by atoms with E-state index in [1.165, 1.54) is 0 Å². The predicted molar refractivity (Wildman–Crippen MR) is 134 cm³/mol. The Hall–Kier alpha value is -2.81. The van der Waals surface area contributed by atoms with Crippen LogP contribution >= 0.6 is 0 Å². The second-order valence-electron chi connectivity index (χ2n) is 9.95. The molecule has 1 amide bonds. The molecule has 2 fully saturated rings. The highest BCUT2D eigenvalue weighted by atomic mass is 16.6. The molecule has 0 aromatic heterocycles. The molecule has 2 N–H and O–H groups in total. The van der Waals surface area contributed by atoms with E-state index >= 15 is 0 Å². The monoisotopic (exact) mass is 463 g/mol. The summed E-state index contributed by atoms with van der Waals surface area (Å²) in [7, 11) is 0. The van der Waals surface area contributed by atoms with Gasteiger partial charge in [-0.25, -0.2) is 4.79 Å². The lowest BCUT2D eigenvalue weighted by Crippen LogP contribution is -2.45. The average molecular weight is 464 g/mol. The van der Waals surface area contributed by atoms with Crippen LogP contribution in [0.1, 0.15) is 76.5 Å². The zero-order valence-corrected chi connectivity index (χ0v) is 20.5. The van der Waals surface area contributed by atoms with Gasteiger partial charge in [-0.1, -0.05) is 60.4 Å². The molecule has 1 saturated carbocycles. The summed E-state index contributed by atoms with van der Waals surface area (Å²) in [6.07, 6.45) is 4.15. The van der Waals surface area contributed by atoms with E-state index in [0.29, 0.717) is 19.4 Å². The molecule has 1 saturated heterocycles. The second kappa shape index (κ2) is 11.6. The van der Waals surface area contributed by atoms with Gasteiger partial charge in [0.05, 0.1) is 11.6 Å². The van der Waals surface area contributed by atoms with E-state index in [4.69, 9.17) is 4.74 Å². The van der Waals surface area contributed by atoms with Crippen LogP contribution in [0.2, 0.25) is 0 Å². The smallest absolute Gasteiger partial charge is 0.410 e. The third-order valence-corrected chi connectivity index (χ3v) is 6.32. The Morgan fingerprint density at radius 1 is 1.09 bits per heavy atom. The van der Waals surface area contributed by atoms with Crippen molar-refractivity contribution in [3.63, 3.8) is 0 Å². The van der Waals surface area contributed by atoms with Crippen LogP contribution < -0.4 is 0 Å². The average Bonchev–Trinajstić information content (AvgIpc) is 3.25. The van der Waals surface area contributed by atoms with Crippen molar-refractivity contribution in [3.05, 3.63) is 71.8 Å². The lowest BCUT2D eigenvalue weighted by Gasteiger charge is -2.37. The van der Waals surface area contributed by atoms with Crippen molar-refractivity contribution >= 4 is 6.09 Å². The summed E-state index contributed by atoms with van der Waals surface area (Å²) in [5, 5.41) is 20.3. The summed E-state index contributed by atoms with van der Waals surface area (Å²) in [6, 6.07) is 19.7. The second-order valence-corrected chi connectivity index (χ2v) is 9.95. The summed E-state index contributed by atoms with van der Waals surface area (Å²) >= 11 is 0. The third kappa shape index (κ3) is 7.90. The van der Waals surface area contributed by atoms with Gasteiger partial charge >= 0.3 is 6.09 Å². The summed E-state index contributed by atoms with van der Waals surface area (Å²) in [5.74, 6) is 6.10. The van der Waals surface area contributed by atoms with Gasteiger partial charge in [0.25, 0.3) is 0 Å². The number of ether oxygens (including phenoxy) is 1. The molecular formula is C29H37NO4. The van der Waals surface area contributed by atoms with Crippen LogP contribution in [0.25, 0.3) is 0 Å². The number of amides is 1. The molecule has 34 heavy (non-hydrogen) atoms. The largest absolute Gasteiger partial charge is 0.446 e. The standard InChI is InChI=1S/C23H31NO4.C6H6/c1-17(24-15-11-20(28-21(24)25)16-22(2,3)26)19-8-6-18(7-9-19)10-14-23(27)12-4-5-13-23;1-2-4-6-5-3-1/h6-9,17,20,26-27H,4-5,11-13,15-16H2,1-3H3;1-6H. The quantitative estimate of drug-likeness (QED) is 0.591. The van der Waals surface area contributed by atoms with E-state index in [9.17, 15) is 15.0 Å². The molecular weight excluding hydrogens is 426 g/mol. The molecule has 1 aliphatic heterocycles. The van der Waals surface area contributed by atoms with Crippen LogP contribution in [0.15, 0.2) is 60.7 Å². The van der Waals surface area contributed by atoms with E-state index in [2.05, 4.69) is 11.8 Å². The predicted octanol–water partition coefficient (Wildman–Crippen LogP) is 5.46. The minimum Gasteiger partial charge on any atom is -0.446 e. The fourth-order valence-electron chi connectivity index (χ4n) is 4.38. The van der Waals surface area contributed by atoms with E-state index in [1.807, 2.05) is 67.6 Å². The fourth-order valence-corrected chi connectivity index (χ4v) is 4.38. The van der Waals surface area contributed by atoms with Gasteiger partial charge in [-0.05, 0) is 64.2 Å². The van der Waals surface area contributed by atoms with E-state index in [1.54, 1.807) is 18.7 Å². The van der Waals surface area contributed by atoms with Crippen LogP contribution in [-0.4, -0.2) is 45.1 Å². The SMILES string of the molecule is CC(c1ccc(C#CC2(O)CCCC2)cc1)N1CCC(CC(C)(C)O)OC1=O.c1ccccc1. The molecule has 1 aliphatic carbocycles. The van der Waals surface area contributed by atoms with Gasteiger partial charge in [-0.3, -0.25) is 0 Å². The Balaban J connectivity index is 0.000000469. The summed E-state index contributed by atoms with van der Waals surface area (Å²) in [6.45, 7) is 6.05. The minimum atomic E-state index is -0.846. The molecule has 0 bridgehead atoms. The number of carbonyl (C=O) groups is 1. The van der Waals surface area contributed by atoms with Crippen LogP contribution in [0.5, 0.6) is 0 Å². The zero-order valence-electron chi connectivity index (χ0n) is 20.5. The molecule has 182 valence electrons. The maximum absolute atomic E-state index is 12.4. The van der Waals surface area contributed by atoms with Gasteiger partial charge in [0, 0.05) is 24.9 Å². The van der Waals surface area contributed by atoms with Gasteiger partial charge in [0.2, 0.25) is 0 Å². The van der Waals surface area contributed by atoms with Crippen molar-refractivity contribution in [1.29, 1.82) is 0 Å². The number of hydrogen-bond donors (Lipinski definition) is 2. The molecule has 0 radical (unpaired) electrons. The first-order chi connectivity index (χ1) is 16.2. The Morgan fingerprint density at radius 2 is 1.65 bits per heavy atom. The first-order valence-electron chi connectivity index (χ1n) is 12.2. The lowest BCUT2D eigenvalue weighted by molar-refractivity contribution is -0.0309. The van der Waals surface area contributed by atoms with Crippen LogP contribution in [-0.2, 0) is 4.74 Å². The molecule has 0 spiro atoms. The molecule has 2 aromatic carbocycles. The first kappa shape index (κ1) is 25.8. The first-order valence-corrected chi connectivity index (χ1v) is 12.2. The summed E-state index contributed by atoms with van der Waals surface area (Å²) in [5.41, 5.74) is 0.204. The highest BCUT2D eigenvalue weighted by Gasteiger charge is 2.33. The van der Waals surface area contributed by atoms with Crippen molar-refractivity contribution < 1.29 is 19.7 Å². The number of hydrogen-bond acceptors (Lipinski definition) is 4. The number of benzene rings is 2. The van der Waals surface area contributed by atoms with Gasteiger partial charge in [-0.15, -0.1) is 0 Å². The molecule has 5 heteroatoms. The van der Waals surface area contributed by atoms with Crippen molar-refractivity contribution in [3.8, 4) is 11.8 Å². The van der Waals surface area contributed by atoms with Crippen LogP contribution in [0.4, 0.5) is 4.79 Å². The van der Waals surface area contributed by atoms with E-state index < -0.39 is 11.2 Å². The molecule has 2 aromatic rings. The Bertz CT molecular complexity index is 936. The number of nitrogens with zero attached hydrogens (tertiary/aromatic N) is 1. The third-order valence-electron chi connectivity index (χ3n) is 6.32. The number of rotatable bonds is 4. The van der Waals surface area contributed by atoms with Crippen molar-refractivity contribution in [2.24, 2.45) is 0 Å². The topological polar surface area (TPSA) is 70.0 Å². The molecule has 1 heterocycles.